The second-order valence-corrected chi connectivity index (χ2v) is 8.35. The summed E-state index contributed by atoms with van der Waals surface area (Å²) in [6.07, 6.45) is 4.93. The van der Waals surface area contributed by atoms with Crippen molar-refractivity contribution in [2.24, 2.45) is 0 Å². The molecule has 178 valence electrons. The number of rotatable bonds is 6. The van der Waals surface area contributed by atoms with Gasteiger partial charge >= 0.3 is 0 Å². The van der Waals surface area contributed by atoms with Crippen LogP contribution in [-0.2, 0) is 0 Å². The molecule has 1 unspecified atom stereocenters. The molecule has 0 bridgehead atoms. The average Bonchev–Trinajstić information content (AvgIpc) is 3.52. The van der Waals surface area contributed by atoms with Crippen molar-refractivity contribution in [2.75, 3.05) is 5.32 Å². The van der Waals surface area contributed by atoms with Crippen molar-refractivity contribution in [3.05, 3.63) is 72.9 Å². The van der Waals surface area contributed by atoms with Crippen molar-refractivity contribution in [3.8, 4) is 33.9 Å². The highest BCUT2D eigenvalue weighted by molar-refractivity contribution is 5.95. The summed E-state index contributed by atoms with van der Waals surface area (Å²) >= 11 is 0. The van der Waals surface area contributed by atoms with Crippen molar-refractivity contribution in [1.29, 1.82) is 0 Å². The highest BCUT2D eigenvalue weighted by Crippen LogP contribution is 2.31. The highest BCUT2D eigenvalue weighted by atomic mass is 19.1. The van der Waals surface area contributed by atoms with Crippen molar-refractivity contribution in [1.82, 2.24) is 35.1 Å². The van der Waals surface area contributed by atoms with Gasteiger partial charge in [0.05, 0.1) is 28.6 Å². The molecule has 0 fully saturated rings. The predicted molar refractivity (Wildman–Crippen MR) is 135 cm³/mol. The van der Waals surface area contributed by atoms with Gasteiger partial charge in [-0.2, -0.15) is 5.10 Å². The minimum absolute atomic E-state index is 0.315. The molecule has 6 rings (SSSR count). The number of hydrogen-bond acceptors (Lipinski definition) is 7. The van der Waals surface area contributed by atoms with Crippen LogP contribution in [0.15, 0.2) is 67.1 Å². The van der Waals surface area contributed by atoms with Crippen LogP contribution in [0.25, 0.3) is 56.1 Å². The Morgan fingerprint density at radius 1 is 1.06 bits per heavy atom. The highest BCUT2D eigenvalue weighted by Gasteiger charge is 2.17. The fraction of sp³-hybridized carbons (Fsp3) is 0.115. The van der Waals surface area contributed by atoms with Gasteiger partial charge in [-0.15, -0.1) is 0 Å². The Morgan fingerprint density at radius 2 is 1.97 bits per heavy atom. The van der Waals surface area contributed by atoms with Crippen LogP contribution in [0.2, 0.25) is 0 Å². The Hall–Kier alpha value is -4.70. The third-order valence-electron chi connectivity index (χ3n) is 5.91. The second-order valence-electron chi connectivity index (χ2n) is 8.35. The van der Waals surface area contributed by atoms with Crippen LogP contribution < -0.4 is 5.32 Å². The molecule has 9 nitrogen and oxygen atoms in total. The van der Waals surface area contributed by atoms with Crippen LogP contribution in [-0.4, -0.2) is 46.5 Å². The van der Waals surface area contributed by atoms with Gasteiger partial charge in [-0.1, -0.05) is 19.1 Å². The Bertz CT molecular complexity index is 1710. The van der Waals surface area contributed by atoms with Crippen LogP contribution in [0.3, 0.4) is 0 Å². The number of nitrogens with one attached hydrogen (secondary N) is 3. The van der Waals surface area contributed by atoms with Gasteiger partial charge in [0.2, 0.25) is 0 Å². The van der Waals surface area contributed by atoms with Gasteiger partial charge in [0.25, 0.3) is 0 Å². The predicted octanol–water partition coefficient (Wildman–Crippen LogP) is 4.90. The number of imidazole rings is 1. The molecule has 0 aliphatic rings. The lowest BCUT2D eigenvalue weighted by molar-refractivity contribution is 0.199. The molecule has 0 aliphatic heterocycles. The molecule has 0 spiro atoms. The summed E-state index contributed by atoms with van der Waals surface area (Å²) in [6.45, 7) is 1.89. The Kier molecular flexibility index (Phi) is 5.34. The maximum Gasteiger partial charge on any atom is 0.178 e. The molecule has 0 radical (unpaired) electrons. The van der Waals surface area contributed by atoms with E-state index in [9.17, 15) is 9.50 Å². The van der Waals surface area contributed by atoms with E-state index in [4.69, 9.17) is 4.98 Å². The fourth-order valence-corrected chi connectivity index (χ4v) is 4.10. The van der Waals surface area contributed by atoms with E-state index in [0.29, 0.717) is 46.0 Å². The lowest BCUT2D eigenvalue weighted by atomic mass is 10.1. The summed E-state index contributed by atoms with van der Waals surface area (Å²) in [5.74, 6) is 0.182. The van der Waals surface area contributed by atoms with Crippen molar-refractivity contribution in [3.63, 3.8) is 0 Å². The standard InChI is InChI=1S/C26H21FN8O/c1-2-21(36)30-17-11-15(12-28-13-17)19-6-7-20-23(31-19)24(35-34-20)26-32-22-18(8-9-29-25(22)33-26)14-4-3-5-16(27)10-14/h3-13,21,30,36H,2H2,1H3,(H,34,35)(H,29,32,33). The first-order chi connectivity index (χ1) is 17.6. The first-order valence-electron chi connectivity index (χ1n) is 11.4. The third-order valence-corrected chi connectivity index (χ3v) is 5.91. The van der Waals surface area contributed by atoms with E-state index in [1.54, 1.807) is 24.7 Å². The molecule has 5 aromatic heterocycles. The molecule has 0 saturated heterocycles. The SMILES string of the molecule is CCC(O)Nc1cncc(-c2ccc3[nH]nc(-c4nc5nccc(-c6cccc(F)c6)c5[nH]4)c3n2)c1. The minimum Gasteiger partial charge on any atom is -0.374 e. The number of halogens is 1. The number of pyridine rings is 3. The van der Waals surface area contributed by atoms with Gasteiger partial charge in [0.15, 0.2) is 17.2 Å². The number of benzene rings is 1. The summed E-state index contributed by atoms with van der Waals surface area (Å²) in [5.41, 5.74) is 6.79. The van der Waals surface area contributed by atoms with Crippen molar-refractivity contribution < 1.29 is 9.50 Å². The molecular weight excluding hydrogens is 459 g/mol. The summed E-state index contributed by atoms with van der Waals surface area (Å²) in [5, 5.41) is 20.4. The van der Waals surface area contributed by atoms with Crippen LogP contribution in [0.1, 0.15) is 13.3 Å². The third kappa shape index (κ3) is 3.93. The van der Waals surface area contributed by atoms with E-state index in [0.717, 1.165) is 22.2 Å². The number of aromatic nitrogens is 7. The summed E-state index contributed by atoms with van der Waals surface area (Å²) < 4.78 is 13.9. The van der Waals surface area contributed by atoms with Crippen molar-refractivity contribution in [2.45, 2.75) is 19.6 Å². The Labute approximate surface area is 204 Å². The first kappa shape index (κ1) is 21.8. The molecule has 1 atom stereocenters. The lowest BCUT2D eigenvalue weighted by Gasteiger charge is -2.12. The normalized spacial score (nSPS) is 12.3. The fourth-order valence-electron chi connectivity index (χ4n) is 4.10. The minimum atomic E-state index is -0.656. The molecule has 1 aromatic carbocycles. The summed E-state index contributed by atoms with van der Waals surface area (Å²) in [7, 11) is 0. The van der Waals surface area contributed by atoms with Gasteiger partial charge in [-0.05, 0) is 48.4 Å². The molecule has 0 amide bonds. The van der Waals surface area contributed by atoms with Gasteiger partial charge < -0.3 is 15.4 Å². The van der Waals surface area contributed by atoms with E-state index < -0.39 is 6.23 Å². The molecule has 0 saturated carbocycles. The topological polar surface area (TPSA) is 128 Å². The number of nitrogens with zero attached hydrogens (tertiary/aromatic N) is 5. The van der Waals surface area contributed by atoms with Gasteiger partial charge in [-0.25, -0.2) is 19.3 Å². The van der Waals surface area contributed by atoms with E-state index in [2.05, 4.69) is 35.5 Å². The molecule has 10 heteroatoms. The second kappa shape index (κ2) is 8.82. The number of aromatic amines is 2. The number of H-pyrrole nitrogens is 2. The first-order valence-corrected chi connectivity index (χ1v) is 11.4. The lowest BCUT2D eigenvalue weighted by Crippen LogP contribution is -2.16. The number of hydrogen-bond donors (Lipinski definition) is 4. The zero-order chi connectivity index (χ0) is 24.6. The number of fused-ring (bicyclic) bond motifs is 2. The maximum absolute atomic E-state index is 13.9. The van der Waals surface area contributed by atoms with Crippen LogP contribution in [0.4, 0.5) is 10.1 Å². The summed E-state index contributed by atoms with van der Waals surface area (Å²) in [4.78, 5) is 21.4. The summed E-state index contributed by atoms with van der Waals surface area (Å²) in [6, 6.07) is 13.9. The Balaban J connectivity index is 1.43. The van der Waals surface area contributed by atoms with E-state index in [1.807, 2.05) is 37.3 Å². The van der Waals surface area contributed by atoms with Crippen LogP contribution in [0.5, 0.6) is 0 Å². The van der Waals surface area contributed by atoms with Gasteiger partial charge in [-0.3, -0.25) is 10.1 Å². The van der Waals surface area contributed by atoms with E-state index in [1.165, 1.54) is 12.1 Å². The number of anilines is 1. The van der Waals surface area contributed by atoms with Crippen LogP contribution >= 0.6 is 0 Å². The number of aliphatic hydroxyl groups excluding tert-OH is 1. The van der Waals surface area contributed by atoms with E-state index in [-0.39, 0.29) is 5.82 Å². The maximum atomic E-state index is 13.9. The monoisotopic (exact) mass is 480 g/mol. The van der Waals surface area contributed by atoms with Crippen molar-refractivity contribution >= 4 is 27.9 Å². The van der Waals surface area contributed by atoms with Gasteiger partial charge in [0, 0.05) is 23.5 Å². The van der Waals surface area contributed by atoms with E-state index >= 15 is 0 Å². The number of aliphatic hydroxyl groups is 1. The zero-order valence-electron chi connectivity index (χ0n) is 19.2. The molecule has 36 heavy (non-hydrogen) atoms. The molecule has 5 heterocycles. The largest absolute Gasteiger partial charge is 0.374 e. The zero-order valence-corrected chi connectivity index (χ0v) is 19.2. The quantitative estimate of drug-likeness (QED) is 0.250. The molecule has 4 N–H and O–H groups in total. The van der Waals surface area contributed by atoms with Gasteiger partial charge in [0.1, 0.15) is 17.6 Å². The average molecular weight is 481 g/mol. The van der Waals surface area contributed by atoms with Crippen LogP contribution in [0, 0.1) is 5.82 Å². The Morgan fingerprint density at radius 3 is 2.83 bits per heavy atom. The molecule has 0 aliphatic carbocycles. The molecular formula is C26H21FN8O. The molecule has 6 aromatic rings. The smallest absolute Gasteiger partial charge is 0.178 e.